The topological polar surface area (TPSA) is 101 Å². The third-order valence-electron chi connectivity index (χ3n) is 6.77. The van der Waals surface area contributed by atoms with E-state index in [0.717, 1.165) is 27.9 Å². The van der Waals surface area contributed by atoms with Gasteiger partial charge in [0, 0.05) is 37.6 Å². The number of rotatable bonds is 10. The van der Waals surface area contributed by atoms with Gasteiger partial charge in [0.25, 0.3) is 0 Å². The predicted octanol–water partition coefficient (Wildman–Crippen LogP) is 4.02. The van der Waals surface area contributed by atoms with Gasteiger partial charge in [-0.3, -0.25) is 9.59 Å². The third-order valence-corrected chi connectivity index (χ3v) is 6.77. The van der Waals surface area contributed by atoms with Gasteiger partial charge in [-0.2, -0.15) is 0 Å². The number of aryl methyl sites for hydroxylation is 1. The molecule has 38 heavy (non-hydrogen) atoms. The molecule has 2 aromatic carbocycles. The van der Waals surface area contributed by atoms with E-state index in [9.17, 15) is 19.1 Å². The summed E-state index contributed by atoms with van der Waals surface area (Å²) in [5.41, 5.74) is 10.1. The molecule has 3 rings (SSSR count). The van der Waals surface area contributed by atoms with E-state index in [1.54, 1.807) is 11.0 Å². The van der Waals surface area contributed by atoms with Crippen LogP contribution in [0.4, 0.5) is 4.39 Å². The van der Waals surface area contributed by atoms with Gasteiger partial charge < -0.3 is 25.6 Å². The van der Waals surface area contributed by atoms with E-state index in [1.807, 2.05) is 70.3 Å². The number of halogens is 1. The van der Waals surface area contributed by atoms with Gasteiger partial charge in [-0.25, -0.2) is 4.39 Å². The first-order chi connectivity index (χ1) is 18.0. The summed E-state index contributed by atoms with van der Waals surface area (Å²) in [6, 6.07) is 15.4. The molecule has 0 bridgehead atoms. The highest BCUT2D eigenvalue weighted by atomic mass is 19.1. The lowest BCUT2D eigenvalue weighted by Gasteiger charge is -2.41. The van der Waals surface area contributed by atoms with Gasteiger partial charge in [-0.1, -0.05) is 57.2 Å². The smallest absolute Gasteiger partial charge is 0.248 e. The van der Waals surface area contributed by atoms with Gasteiger partial charge in [0.2, 0.25) is 11.8 Å². The van der Waals surface area contributed by atoms with Crippen molar-refractivity contribution in [3.05, 3.63) is 83.4 Å². The lowest BCUT2D eigenvalue weighted by atomic mass is 9.82. The van der Waals surface area contributed by atoms with E-state index in [0.29, 0.717) is 6.54 Å². The molecule has 0 aliphatic heterocycles. The highest BCUT2D eigenvalue weighted by Crippen LogP contribution is 2.41. The maximum Gasteiger partial charge on any atom is 0.248 e. The molecule has 7 nitrogen and oxygen atoms in total. The van der Waals surface area contributed by atoms with Gasteiger partial charge in [-0.05, 0) is 53.6 Å². The van der Waals surface area contributed by atoms with Crippen LogP contribution in [0.25, 0.3) is 11.1 Å². The number of aliphatic hydroxyl groups is 1. The van der Waals surface area contributed by atoms with Crippen molar-refractivity contribution >= 4 is 11.8 Å². The number of aliphatic hydroxyl groups excluding tert-OH is 1. The SMILES string of the molecule is CNC(=O)[C@@H](N)CCN(C(=O)CO)[C@@H](c1cc(-c2cc(F)ccc2C)cn1Cc1ccccc1)C(C)(C)C. The van der Waals surface area contributed by atoms with Crippen LogP contribution in [-0.4, -0.2) is 52.6 Å². The van der Waals surface area contributed by atoms with E-state index in [2.05, 4.69) is 9.88 Å². The van der Waals surface area contributed by atoms with Crippen molar-refractivity contribution in [2.24, 2.45) is 11.1 Å². The molecule has 0 spiro atoms. The van der Waals surface area contributed by atoms with Gasteiger partial charge in [0.1, 0.15) is 12.4 Å². The van der Waals surface area contributed by atoms with Crippen molar-refractivity contribution < 1.29 is 19.1 Å². The molecule has 8 heteroatoms. The highest BCUT2D eigenvalue weighted by molar-refractivity contribution is 5.81. The summed E-state index contributed by atoms with van der Waals surface area (Å²) in [6.07, 6.45) is 2.22. The Labute approximate surface area is 224 Å². The average molecular weight is 523 g/mol. The zero-order chi connectivity index (χ0) is 28.0. The standard InChI is InChI=1S/C30H39FN4O3/c1-20-11-12-23(31)16-24(20)22-15-26(34(18-22)17-21-9-7-6-8-10-21)28(30(2,3)4)35(27(37)19-36)14-13-25(32)29(38)33-5/h6-12,15-16,18,25,28,36H,13-14,17,19,32H2,1-5H3,(H,33,38)/t25-,28-/m0/s1. The molecule has 0 saturated heterocycles. The first-order valence-corrected chi connectivity index (χ1v) is 12.8. The van der Waals surface area contributed by atoms with Gasteiger partial charge >= 0.3 is 0 Å². The molecule has 2 amide bonds. The molecule has 0 fully saturated rings. The molecular weight excluding hydrogens is 483 g/mol. The van der Waals surface area contributed by atoms with Crippen LogP contribution in [0, 0.1) is 18.2 Å². The second-order valence-corrected chi connectivity index (χ2v) is 10.7. The van der Waals surface area contributed by atoms with Crippen molar-refractivity contribution in [2.45, 2.75) is 52.7 Å². The molecule has 0 radical (unpaired) electrons. The lowest BCUT2D eigenvalue weighted by molar-refractivity contribution is -0.140. The van der Waals surface area contributed by atoms with Crippen LogP contribution in [0.2, 0.25) is 0 Å². The number of benzene rings is 2. The fraction of sp³-hybridized carbons (Fsp3) is 0.400. The molecule has 4 N–H and O–H groups in total. The predicted molar refractivity (Wildman–Crippen MR) is 148 cm³/mol. The summed E-state index contributed by atoms with van der Waals surface area (Å²) in [7, 11) is 1.52. The van der Waals surface area contributed by atoms with Crippen molar-refractivity contribution in [3.63, 3.8) is 0 Å². The minimum absolute atomic E-state index is 0.181. The number of nitrogens with two attached hydrogens (primary N) is 1. The Morgan fingerprint density at radius 2 is 1.82 bits per heavy atom. The van der Waals surface area contributed by atoms with E-state index in [4.69, 9.17) is 5.73 Å². The first kappa shape index (κ1) is 29.1. The van der Waals surface area contributed by atoms with Crippen molar-refractivity contribution in [2.75, 3.05) is 20.2 Å². The molecule has 0 unspecified atom stereocenters. The first-order valence-electron chi connectivity index (χ1n) is 12.8. The number of hydrogen-bond donors (Lipinski definition) is 3. The van der Waals surface area contributed by atoms with Crippen LogP contribution in [0.3, 0.4) is 0 Å². The number of nitrogens with one attached hydrogen (secondary N) is 1. The summed E-state index contributed by atoms with van der Waals surface area (Å²) in [5.74, 6) is -1.09. The maximum absolute atomic E-state index is 14.3. The molecule has 3 aromatic rings. The Balaban J connectivity index is 2.16. The molecule has 2 atom stereocenters. The Kier molecular flexibility index (Phi) is 9.46. The quantitative estimate of drug-likeness (QED) is 0.374. The summed E-state index contributed by atoms with van der Waals surface area (Å²) in [6.45, 7) is 8.07. The van der Waals surface area contributed by atoms with Crippen LogP contribution in [-0.2, 0) is 16.1 Å². The van der Waals surface area contributed by atoms with Crippen molar-refractivity contribution in [1.82, 2.24) is 14.8 Å². The Morgan fingerprint density at radius 3 is 2.42 bits per heavy atom. The lowest BCUT2D eigenvalue weighted by Crippen LogP contribution is -2.47. The van der Waals surface area contributed by atoms with E-state index in [-0.39, 0.29) is 24.7 Å². The minimum atomic E-state index is -0.795. The number of carbonyl (C=O) groups excluding carboxylic acids is 2. The van der Waals surface area contributed by atoms with Gasteiger partial charge in [0.15, 0.2) is 0 Å². The van der Waals surface area contributed by atoms with E-state index < -0.39 is 30.0 Å². The Morgan fingerprint density at radius 1 is 1.13 bits per heavy atom. The summed E-state index contributed by atoms with van der Waals surface area (Å²) >= 11 is 0. The van der Waals surface area contributed by atoms with Crippen LogP contribution >= 0.6 is 0 Å². The normalized spacial score (nSPS) is 13.2. The molecule has 0 saturated carbocycles. The average Bonchev–Trinajstić information content (AvgIpc) is 3.28. The van der Waals surface area contributed by atoms with Crippen LogP contribution in [0.1, 0.15) is 50.1 Å². The molecule has 0 aliphatic carbocycles. The fourth-order valence-electron chi connectivity index (χ4n) is 4.88. The Bertz CT molecular complexity index is 1250. The van der Waals surface area contributed by atoms with E-state index >= 15 is 0 Å². The largest absolute Gasteiger partial charge is 0.387 e. The summed E-state index contributed by atoms with van der Waals surface area (Å²) < 4.78 is 16.3. The molecule has 1 aromatic heterocycles. The van der Waals surface area contributed by atoms with Crippen molar-refractivity contribution in [1.29, 1.82) is 0 Å². The van der Waals surface area contributed by atoms with Crippen LogP contribution in [0.15, 0.2) is 60.8 Å². The van der Waals surface area contributed by atoms with Crippen LogP contribution in [0.5, 0.6) is 0 Å². The Hall–Kier alpha value is -3.49. The van der Waals surface area contributed by atoms with Gasteiger partial charge in [-0.15, -0.1) is 0 Å². The third kappa shape index (κ3) is 6.88. The zero-order valence-electron chi connectivity index (χ0n) is 22.9. The molecule has 204 valence electrons. The second-order valence-electron chi connectivity index (χ2n) is 10.7. The number of aromatic nitrogens is 1. The van der Waals surface area contributed by atoms with Gasteiger partial charge in [0.05, 0.1) is 12.1 Å². The number of hydrogen-bond acceptors (Lipinski definition) is 4. The number of carbonyl (C=O) groups is 2. The summed E-state index contributed by atoms with van der Waals surface area (Å²) in [4.78, 5) is 26.8. The highest BCUT2D eigenvalue weighted by Gasteiger charge is 2.37. The molecule has 0 aliphatic rings. The summed E-state index contributed by atoms with van der Waals surface area (Å²) in [5, 5.41) is 12.4. The maximum atomic E-state index is 14.3. The van der Waals surface area contributed by atoms with Crippen molar-refractivity contribution in [3.8, 4) is 11.1 Å². The second kappa shape index (κ2) is 12.4. The minimum Gasteiger partial charge on any atom is -0.387 e. The monoisotopic (exact) mass is 522 g/mol. The van der Waals surface area contributed by atoms with E-state index in [1.165, 1.54) is 19.2 Å². The number of nitrogens with zero attached hydrogens (tertiary/aromatic N) is 2. The number of likely N-dealkylation sites (N-methyl/N-ethyl adjacent to an activating group) is 1. The fourth-order valence-corrected chi connectivity index (χ4v) is 4.88. The van der Waals surface area contributed by atoms with Crippen LogP contribution < -0.4 is 11.1 Å². The number of amides is 2. The zero-order valence-corrected chi connectivity index (χ0v) is 22.9. The molecular formula is C30H39FN4O3. The molecule has 1 heterocycles.